The third-order valence-corrected chi connectivity index (χ3v) is 3.66. The maximum atomic E-state index is 11.7. The van der Waals surface area contributed by atoms with Crippen molar-refractivity contribution in [3.8, 4) is 0 Å². The number of rotatable bonds is 6. The molecular formula is C16H32N2O2. The van der Waals surface area contributed by atoms with E-state index in [0.717, 1.165) is 32.2 Å². The van der Waals surface area contributed by atoms with E-state index < -0.39 is 5.60 Å². The van der Waals surface area contributed by atoms with Gasteiger partial charge >= 0.3 is 6.09 Å². The molecule has 0 radical (unpaired) electrons. The van der Waals surface area contributed by atoms with Gasteiger partial charge in [0.1, 0.15) is 5.60 Å². The standard InChI is InChI=1S/C16H32N2O2/c1-5-6-7-12-17-13-8-10-14(11-9-13)18-15(19)20-16(2,3)4/h13-14,17H,5-12H2,1-4H3,(H,18,19). The van der Waals surface area contributed by atoms with E-state index in [-0.39, 0.29) is 12.1 Å². The van der Waals surface area contributed by atoms with Gasteiger partial charge in [-0.3, -0.25) is 0 Å². The minimum atomic E-state index is -0.415. The number of hydrogen-bond donors (Lipinski definition) is 2. The van der Waals surface area contributed by atoms with Crippen molar-refractivity contribution in [2.75, 3.05) is 6.54 Å². The minimum absolute atomic E-state index is 0.276. The lowest BCUT2D eigenvalue weighted by Gasteiger charge is -2.30. The van der Waals surface area contributed by atoms with E-state index in [2.05, 4.69) is 17.6 Å². The zero-order valence-corrected chi connectivity index (χ0v) is 13.6. The maximum absolute atomic E-state index is 11.7. The van der Waals surface area contributed by atoms with Crippen molar-refractivity contribution in [2.24, 2.45) is 0 Å². The van der Waals surface area contributed by atoms with Gasteiger partial charge in [0.25, 0.3) is 0 Å². The molecule has 20 heavy (non-hydrogen) atoms. The average molecular weight is 284 g/mol. The lowest BCUT2D eigenvalue weighted by Crippen LogP contribution is -2.44. The highest BCUT2D eigenvalue weighted by Crippen LogP contribution is 2.19. The number of carbonyl (C=O) groups is 1. The van der Waals surface area contributed by atoms with Crippen LogP contribution in [0.1, 0.15) is 72.6 Å². The zero-order valence-electron chi connectivity index (χ0n) is 13.6. The number of unbranched alkanes of at least 4 members (excludes halogenated alkanes) is 2. The van der Waals surface area contributed by atoms with Gasteiger partial charge in [-0.15, -0.1) is 0 Å². The summed E-state index contributed by atoms with van der Waals surface area (Å²) in [7, 11) is 0. The fraction of sp³-hybridized carbons (Fsp3) is 0.938. The fourth-order valence-electron chi connectivity index (χ4n) is 2.60. The Balaban J connectivity index is 2.14. The first-order valence-corrected chi connectivity index (χ1v) is 8.13. The van der Waals surface area contributed by atoms with E-state index in [0.29, 0.717) is 6.04 Å². The maximum Gasteiger partial charge on any atom is 0.407 e. The molecule has 0 spiro atoms. The Hall–Kier alpha value is -0.770. The van der Waals surface area contributed by atoms with Gasteiger partial charge in [0.2, 0.25) is 0 Å². The van der Waals surface area contributed by atoms with Crippen LogP contribution in [0, 0.1) is 0 Å². The number of hydrogen-bond acceptors (Lipinski definition) is 3. The Morgan fingerprint density at radius 1 is 1.10 bits per heavy atom. The predicted octanol–water partition coefficient (Wildman–Crippen LogP) is 3.60. The molecule has 118 valence electrons. The summed E-state index contributed by atoms with van der Waals surface area (Å²) >= 11 is 0. The van der Waals surface area contributed by atoms with E-state index in [4.69, 9.17) is 4.74 Å². The number of carbonyl (C=O) groups excluding carboxylic acids is 1. The molecule has 0 aliphatic heterocycles. The largest absolute Gasteiger partial charge is 0.444 e. The van der Waals surface area contributed by atoms with Gasteiger partial charge in [0, 0.05) is 12.1 Å². The molecule has 0 heterocycles. The number of alkyl carbamates (subject to hydrolysis) is 1. The van der Waals surface area contributed by atoms with Crippen molar-refractivity contribution in [3.05, 3.63) is 0 Å². The molecule has 4 heteroatoms. The molecule has 0 atom stereocenters. The average Bonchev–Trinajstić information content (AvgIpc) is 2.34. The molecule has 1 rings (SSSR count). The lowest BCUT2D eigenvalue weighted by molar-refractivity contribution is 0.0490. The van der Waals surface area contributed by atoms with E-state index in [1.54, 1.807) is 0 Å². The quantitative estimate of drug-likeness (QED) is 0.733. The van der Waals surface area contributed by atoms with Crippen LogP contribution in [-0.4, -0.2) is 30.3 Å². The molecule has 1 saturated carbocycles. The summed E-state index contributed by atoms with van der Waals surface area (Å²) < 4.78 is 5.29. The Bertz CT molecular complexity index is 279. The normalized spacial score (nSPS) is 23.4. The fourth-order valence-corrected chi connectivity index (χ4v) is 2.60. The molecule has 0 aromatic heterocycles. The van der Waals surface area contributed by atoms with Gasteiger partial charge in [-0.1, -0.05) is 19.8 Å². The second kappa shape index (κ2) is 8.50. The molecule has 0 aromatic carbocycles. The lowest BCUT2D eigenvalue weighted by atomic mass is 9.91. The van der Waals surface area contributed by atoms with Crippen LogP contribution in [0.2, 0.25) is 0 Å². The van der Waals surface area contributed by atoms with Crippen LogP contribution in [0.15, 0.2) is 0 Å². The predicted molar refractivity (Wildman–Crippen MR) is 82.9 cm³/mol. The molecule has 1 aliphatic rings. The Kier molecular flexibility index (Phi) is 7.35. The van der Waals surface area contributed by atoms with Crippen molar-refractivity contribution < 1.29 is 9.53 Å². The number of nitrogens with one attached hydrogen (secondary N) is 2. The highest BCUT2D eigenvalue weighted by Gasteiger charge is 2.24. The van der Waals surface area contributed by atoms with Crippen molar-refractivity contribution in [1.29, 1.82) is 0 Å². The van der Waals surface area contributed by atoms with Crippen LogP contribution >= 0.6 is 0 Å². The molecule has 1 amide bonds. The van der Waals surface area contributed by atoms with Crippen molar-refractivity contribution in [2.45, 2.75) is 90.3 Å². The Labute approximate surface area is 124 Å². The Morgan fingerprint density at radius 2 is 1.70 bits per heavy atom. The SMILES string of the molecule is CCCCCNC1CCC(NC(=O)OC(C)(C)C)CC1. The summed E-state index contributed by atoms with van der Waals surface area (Å²) in [5.74, 6) is 0. The van der Waals surface area contributed by atoms with Crippen molar-refractivity contribution in [3.63, 3.8) is 0 Å². The summed E-state index contributed by atoms with van der Waals surface area (Å²) in [6.45, 7) is 9.04. The topological polar surface area (TPSA) is 50.4 Å². The molecule has 1 aliphatic carbocycles. The third-order valence-electron chi connectivity index (χ3n) is 3.66. The summed E-state index contributed by atoms with van der Waals surface area (Å²) in [4.78, 5) is 11.7. The molecule has 4 nitrogen and oxygen atoms in total. The highest BCUT2D eigenvalue weighted by atomic mass is 16.6. The molecule has 2 N–H and O–H groups in total. The van der Waals surface area contributed by atoms with E-state index >= 15 is 0 Å². The third kappa shape index (κ3) is 7.73. The van der Waals surface area contributed by atoms with E-state index in [1.165, 1.54) is 19.3 Å². The smallest absolute Gasteiger partial charge is 0.407 e. The second-order valence-corrected chi connectivity index (χ2v) is 6.86. The first-order valence-electron chi connectivity index (χ1n) is 8.13. The first kappa shape index (κ1) is 17.3. The van der Waals surface area contributed by atoms with Crippen LogP contribution in [-0.2, 0) is 4.74 Å². The van der Waals surface area contributed by atoms with Crippen LogP contribution in [0.5, 0.6) is 0 Å². The summed E-state index contributed by atoms with van der Waals surface area (Å²) in [5.41, 5.74) is -0.415. The molecule has 0 aromatic rings. The monoisotopic (exact) mass is 284 g/mol. The van der Waals surface area contributed by atoms with Gasteiger partial charge in [-0.25, -0.2) is 4.79 Å². The summed E-state index contributed by atoms with van der Waals surface area (Å²) in [5, 5.41) is 6.61. The van der Waals surface area contributed by atoms with Crippen LogP contribution in [0.25, 0.3) is 0 Å². The van der Waals surface area contributed by atoms with Gasteiger partial charge in [-0.05, 0) is 59.4 Å². The van der Waals surface area contributed by atoms with E-state index in [1.807, 2.05) is 20.8 Å². The highest BCUT2D eigenvalue weighted by molar-refractivity contribution is 5.68. The molecule has 0 unspecified atom stereocenters. The number of ether oxygens (including phenoxy) is 1. The van der Waals surface area contributed by atoms with Crippen molar-refractivity contribution in [1.82, 2.24) is 10.6 Å². The molecular weight excluding hydrogens is 252 g/mol. The molecule has 0 saturated heterocycles. The van der Waals surface area contributed by atoms with Gasteiger partial charge in [0.15, 0.2) is 0 Å². The minimum Gasteiger partial charge on any atom is -0.444 e. The van der Waals surface area contributed by atoms with Gasteiger partial charge in [0.05, 0.1) is 0 Å². The summed E-state index contributed by atoms with van der Waals surface area (Å²) in [6.07, 6.45) is 7.95. The Morgan fingerprint density at radius 3 is 2.25 bits per heavy atom. The van der Waals surface area contributed by atoms with Crippen molar-refractivity contribution >= 4 is 6.09 Å². The number of amides is 1. The van der Waals surface area contributed by atoms with Crippen LogP contribution < -0.4 is 10.6 Å². The van der Waals surface area contributed by atoms with Gasteiger partial charge < -0.3 is 15.4 Å². The van der Waals surface area contributed by atoms with Gasteiger partial charge in [-0.2, -0.15) is 0 Å². The summed E-state index contributed by atoms with van der Waals surface area (Å²) in [6, 6.07) is 0.905. The second-order valence-electron chi connectivity index (χ2n) is 6.86. The molecule has 1 fully saturated rings. The van der Waals surface area contributed by atoms with E-state index in [9.17, 15) is 4.79 Å². The zero-order chi connectivity index (χ0) is 15.0. The molecule has 0 bridgehead atoms. The first-order chi connectivity index (χ1) is 9.40. The van der Waals surface area contributed by atoms with Crippen LogP contribution in [0.3, 0.4) is 0 Å². The van der Waals surface area contributed by atoms with Crippen LogP contribution in [0.4, 0.5) is 4.79 Å².